The highest BCUT2D eigenvalue weighted by molar-refractivity contribution is 7.99. The molecule has 4 N–H and O–H groups in total. The zero-order valence-electron chi connectivity index (χ0n) is 34.3. The molecule has 3 atom stereocenters. The van der Waals surface area contributed by atoms with E-state index in [4.69, 9.17) is 18.9 Å². The molecule has 2 aliphatic carbocycles. The summed E-state index contributed by atoms with van der Waals surface area (Å²) in [6.07, 6.45) is 7.95. The fourth-order valence-electron chi connectivity index (χ4n) is 7.08. The summed E-state index contributed by atoms with van der Waals surface area (Å²) < 4.78 is 23.0. The fourth-order valence-corrected chi connectivity index (χ4v) is 8.02. The van der Waals surface area contributed by atoms with Gasteiger partial charge in [0, 0.05) is 65.3 Å². The topological polar surface area (TPSA) is 193 Å². The van der Waals surface area contributed by atoms with Crippen molar-refractivity contribution in [3.63, 3.8) is 0 Å². The van der Waals surface area contributed by atoms with Crippen LogP contribution in [0.5, 0.6) is 0 Å². The fraction of sp³-hybridized carbons (Fsp3) is 0.651. The van der Waals surface area contributed by atoms with Crippen molar-refractivity contribution in [2.45, 2.75) is 64.5 Å². The van der Waals surface area contributed by atoms with Crippen LogP contribution in [0, 0.1) is 29.6 Å². The highest BCUT2D eigenvalue weighted by Gasteiger charge is 2.49. The molecule has 1 unspecified atom stereocenters. The number of pyridine rings is 2. The van der Waals surface area contributed by atoms with Crippen molar-refractivity contribution in [2.24, 2.45) is 17.8 Å². The summed E-state index contributed by atoms with van der Waals surface area (Å²) in [5.74, 6) is 8.25. The molecular formula is C43H63N5O10S. The monoisotopic (exact) mass is 841 g/mol. The van der Waals surface area contributed by atoms with E-state index >= 15 is 0 Å². The van der Waals surface area contributed by atoms with Gasteiger partial charge in [-0.15, -0.1) is 11.8 Å². The van der Waals surface area contributed by atoms with Gasteiger partial charge in [0.15, 0.2) is 0 Å². The van der Waals surface area contributed by atoms with Crippen molar-refractivity contribution in [2.75, 3.05) is 97.1 Å². The van der Waals surface area contributed by atoms with E-state index in [2.05, 4.69) is 32.0 Å². The van der Waals surface area contributed by atoms with Crippen molar-refractivity contribution >= 4 is 29.8 Å². The van der Waals surface area contributed by atoms with Crippen LogP contribution in [-0.2, 0) is 32.0 Å². The van der Waals surface area contributed by atoms with Crippen LogP contribution in [0.3, 0.4) is 0 Å². The van der Waals surface area contributed by atoms with Crippen LogP contribution in [0.4, 0.5) is 4.79 Å². The lowest BCUT2D eigenvalue weighted by Crippen LogP contribution is -2.32. The molecule has 0 saturated heterocycles. The SMILES string of the molecule is O=C(NCCCCCSCCCOCCN(CCOCCOCCN(CCO)Cc1cccc(C(=O)O)n1)Cc1cccc(C(=O)O)n1)OCC1[C@H]2CCC#CCC[C@@H]12. The highest BCUT2D eigenvalue weighted by atomic mass is 32.2. The summed E-state index contributed by atoms with van der Waals surface area (Å²) >= 11 is 1.92. The predicted molar refractivity (Wildman–Crippen MR) is 224 cm³/mol. The molecule has 0 aliphatic heterocycles. The van der Waals surface area contributed by atoms with Gasteiger partial charge >= 0.3 is 18.0 Å². The Morgan fingerprint density at radius 3 is 1.81 bits per heavy atom. The third-order valence-corrected chi connectivity index (χ3v) is 11.5. The standard InChI is InChI=1S/C43H63N5O10S/c49-22-18-47(31-34-11-8-15-39(45-34)41(50)51)19-25-56-27-28-57-26-21-48(32-35-12-9-16-40(46-35)42(52)53)20-24-55-23-10-30-59-29-7-3-6-17-44-43(54)58-33-38-36-13-4-1-2-5-14-37(36)38/h8-9,11-12,15-16,36-38,49H,3-7,10,13-14,17-33H2,(H,44,54)(H,50,51)(H,52,53)/t36-,37+,38?. The third kappa shape index (κ3) is 19.9. The minimum absolute atomic E-state index is 0.00641. The number of carbonyl (C=O) groups is 3. The summed E-state index contributed by atoms with van der Waals surface area (Å²) in [7, 11) is 0. The second-order valence-corrected chi connectivity index (χ2v) is 16.0. The number of nitrogens with one attached hydrogen (secondary N) is 1. The first-order valence-electron chi connectivity index (χ1n) is 21.0. The number of carboxylic acids is 2. The minimum Gasteiger partial charge on any atom is -0.477 e. The molecule has 0 radical (unpaired) electrons. The van der Waals surface area contributed by atoms with Crippen molar-refractivity contribution in [3.05, 3.63) is 59.2 Å². The quantitative estimate of drug-likeness (QED) is 0.0586. The van der Waals surface area contributed by atoms with Crippen LogP contribution < -0.4 is 5.32 Å². The number of carboxylic acid groups (broad SMARTS) is 2. The van der Waals surface area contributed by atoms with E-state index in [1.165, 1.54) is 12.1 Å². The van der Waals surface area contributed by atoms with Gasteiger partial charge in [-0.05, 0) is 85.6 Å². The van der Waals surface area contributed by atoms with Crippen LogP contribution in [0.15, 0.2) is 36.4 Å². The maximum Gasteiger partial charge on any atom is 0.407 e. The molecule has 1 fully saturated rings. The Hall–Kier alpha value is -3.82. The van der Waals surface area contributed by atoms with Crippen LogP contribution >= 0.6 is 11.8 Å². The molecule has 15 nitrogen and oxygen atoms in total. The van der Waals surface area contributed by atoms with E-state index < -0.39 is 11.9 Å². The predicted octanol–water partition coefficient (Wildman–Crippen LogP) is 4.68. The number of alkyl carbamates (subject to hydrolysis) is 1. The van der Waals surface area contributed by atoms with E-state index in [0.717, 1.165) is 62.9 Å². The molecule has 0 spiro atoms. The molecule has 2 aromatic heterocycles. The largest absolute Gasteiger partial charge is 0.477 e. The van der Waals surface area contributed by atoms with Crippen molar-refractivity contribution < 1.29 is 48.7 Å². The zero-order valence-corrected chi connectivity index (χ0v) is 35.1. The van der Waals surface area contributed by atoms with Gasteiger partial charge < -0.3 is 39.6 Å². The van der Waals surface area contributed by atoms with E-state index in [-0.39, 0.29) is 24.1 Å². The number of nitrogens with zero attached hydrogens (tertiary/aromatic N) is 4. The number of hydrogen-bond acceptors (Lipinski definition) is 13. The van der Waals surface area contributed by atoms with Gasteiger partial charge in [0.2, 0.25) is 0 Å². The Labute approximate surface area is 352 Å². The molecule has 4 rings (SSSR count). The summed E-state index contributed by atoms with van der Waals surface area (Å²) in [4.78, 5) is 47.3. The first-order valence-corrected chi connectivity index (χ1v) is 22.1. The molecule has 2 aromatic rings. The minimum atomic E-state index is -1.08. The normalized spacial score (nSPS) is 17.1. The Morgan fingerprint density at radius 2 is 1.25 bits per heavy atom. The average Bonchev–Trinajstić information content (AvgIpc) is 3.87. The first-order chi connectivity index (χ1) is 28.8. The smallest absolute Gasteiger partial charge is 0.407 e. The Bertz CT molecular complexity index is 1590. The molecule has 0 aromatic carbocycles. The van der Waals surface area contributed by atoms with Gasteiger partial charge in [0.1, 0.15) is 11.4 Å². The summed E-state index contributed by atoms with van der Waals surface area (Å²) in [5.41, 5.74) is 1.25. The van der Waals surface area contributed by atoms with Crippen LogP contribution in [0.25, 0.3) is 0 Å². The van der Waals surface area contributed by atoms with Gasteiger partial charge in [0.05, 0.1) is 57.6 Å². The van der Waals surface area contributed by atoms with Crippen molar-refractivity contribution in [3.8, 4) is 11.8 Å². The third-order valence-electron chi connectivity index (χ3n) is 10.3. The number of aliphatic hydroxyl groups is 1. The Morgan fingerprint density at radius 1 is 0.712 bits per heavy atom. The van der Waals surface area contributed by atoms with Gasteiger partial charge in [-0.2, -0.15) is 11.8 Å². The number of amides is 1. The number of ether oxygens (including phenoxy) is 4. The first kappa shape index (κ1) is 47.9. The number of fused-ring (bicyclic) bond motifs is 1. The number of hydrogen-bond donors (Lipinski definition) is 4. The molecule has 0 bridgehead atoms. The number of aromatic nitrogens is 2. The zero-order chi connectivity index (χ0) is 41.9. The lowest BCUT2D eigenvalue weighted by molar-refractivity contribution is 0.0244. The summed E-state index contributed by atoms with van der Waals surface area (Å²) in [6.45, 7) is 6.95. The van der Waals surface area contributed by atoms with E-state index in [1.807, 2.05) is 22.7 Å². The molecule has 2 aliphatic rings. The molecular weight excluding hydrogens is 779 g/mol. The summed E-state index contributed by atoms with van der Waals surface area (Å²) in [5, 5.41) is 31.0. The van der Waals surface area contributed by atoms with Gasteiger partial charge in [0.25, 0.3) is 0 Å². The maximum absolute atomic E-state index is 12.1. The second kappa shape index (κ2) is 28.6. The average molecular weight is 842 g/mol. The van der Waals surface area contributed by atoms with Gasteiger partial charge in [-0.25, -0.2) is 24.4 Å². The molecule has 1 saturated carbocycles. The number of unbranched alkanes of at least 4 members (excludes halogenated alkanes) is 2. The Kier molecular flexibility index (Phi) is 23.2. The van der Waals surface area contributed by atoms with Crippen molar-refractivity contribution in [1.82, 2.24) is 25.1 Å². The van der Waals surface area contributed by atoms with E-state index in [1.54, 1.807) is 18.2 Å². The number of carbonyl (C=O) groups excluding carboxylic acids is 1. The van der Waals surface area contributed by atoms with Gasteiger partial charge in [-0.3, -0.25) is 9.80 Å². The van der Waals surface area contributed by atoms with Gasteiger partial charge in [-0.1, -0.05) is 18.6 Å². The lowest BCUT2D eigenvalue weighted by atomic mass is 10.1. The number of aromatic carboxylic acids is 2. The molecule has 16 heteroatoms. The molecule has 1 amide bonds. The van der Waals surface area contributed by atoms with Crippen LogP contribution in [0.1, 0.15) is 83.7 Å². The summed E-state index contributed by atoms with van der Waals surface area (Å²) in [6, 6.07) is 9.84. The Balaban J connectivity index is 1.01. The number of aliphatic hydroxyl groups excluding tert-OH is 1. The molecule has 326 valence electrons. The van der Waals surface area contributed by atoms with Crippen LogP contribution in [0.2, 0.25) is 0 Å². The van der Waals surface area contributed by atoms with Crippen molar-refractivity contribution in [1.29, 1.82) is 0 Å². The lowest BCUT2D eigenvalue weighted by Gasteiger charge is -2.22. The van der Waals surface area contributed by atoms with E-state index in [9.17, 15) is 29.7 Å². The highest BCUT2D eigenvalue weighted by Crippen LogP contribution is 2.52. The molecule has 59 heavy (non-hydrogen) atoms. The number of thioether (sulfide) groups is 1. The van der Waals surface area contributed by atoms with E-state index in [0.29, 0.717) is 121 Å². The second-order valence-electron chi connectivity index (χ2n) is 14.7. The molecule has 2 heterocycles. The maximum atomic E-state index is 12.1. The number of rotatable bonds is 32. The van der Waals surface area contributed by atoms with Crippen LogP contribution in [-0.4, -0.2) is 150 Å².